The van der Waals surface area contributed by atoms with Gasteiger partial charge in [-0.15, -0.1) is 0 Å². The van der Waals surface area contributed by atoms with E-state index < -0.39 is 0 Å². The molecular weight excluding hydrogens is 311 g/mol. The molecule has 0 amide bonds. The maximum Gasteiger partial charge on any atom is 3.00 e. The first-order valence-electron chi connectivity index (χ1n) is 6.96. The van der Waals surface area contributed by atoms with Crippen molar-refractivity contribution in [2.24, 2.45) is 0 Å². The zero-order chi connectivity index (χ0) is 15.3. The van der Waals surface area contributed by atoms with Gasteiger partial charge in [0.05, 0.1) is 0 Å². The van der Waals surface area contributed by atoms with Crippen molar-refractivity contribution in [3.63, 3.8) is 0 Å². The van der Waals surface area contributed by atoms with Crippen LogP contribution in [0.2, 0.25) is 0 Å². The van der Waals surface area contributed by atoms with Gasteiger partial charge in [0.25, 0.3) is 0 Å². The van der Waals surface area contributed by atoms with Gasteiger partial charge in [-0.2, -0.15) is 108 Å². The van der Waals surface area contributed by atoms with E-state index in [0.29, 0.717) is 0 Å². The molecule has 0 aliphatic carbocycles. The Hall–Kier alpha value is -1.83. The van der Waals surface area contributed by atoms with Crippen molar-refractivity contribution in [2.45, 2.75) is 20.8 Å². The molecular formula is C21H21Co. The van der Waals surface area contributed by atoms with E-state index in [-0.39, 0.29) is 16.8 Å². The van der Waals surface area contributed by atoms with Crippen molar-refractivity contribution in [1.29, 1.82) is 0 Å². The van der Waals surface area contributed by atoms with Crippen LogP contribution in [0.25, 0.3) is 0 Å². The zero-order valence-corrected chi connectivity index (χ0v) is 14.3. The SMILES string of the molecule is Cc1cc[c-]cc1.Cc1cc[c-]cc1.Cc1cc[c-]cc1.[Co+3]. The minimum absolute atomic E-state index is 0. The fourth-order valence-electron chi connectivity index (χ4n) is 1.41. The van der Waals surface area contributed by atoms with Crippen LogP contribution in [0.1, 0.15) is 16.7 Å². The van der Waals surface area contributed by atoms with E-state index in [1.807, 2.05) is 72.8 Å². The first kappa shape index (κ1) is 20.2. The third-order valence-electron chi connectivity index (χ3n) is 2.65. The van der Waals surface area contributed by atoms with E-state index in [4.69, 9.17) is 0 Å². The second kappa shape index (κ2) is 12.9. The Morgan fingerprint density at radius 1 is 0.455 bits per heavy atom. The molecule has 0 heterocycles. The molecule has 0 aliphatic rings. The van der Waals surface area contributed by atoms with Gasteiger partial charge in [0, 0.05) is 0 Å². The molecule has 3 rings (SSSR count). The van der Waals surface area contributed by atoms with E-state index in [2.05, 4.69) is 39.0 Å². The molecule has 0 N–H and O–H groups in total. The predicted molar refractivity (Wildman–Crippen MR) is 90.0 cm³/mol. The van der Waals surface area contributed by atoms with E-state index in [1.54, 1.807) is 0 Å². The van der Waals surface area contributed by atoms with Crippen LogP contribution in [0, 0.1) is 39.0 Å². The first-order valence-corrected chi connectivity index (χ1v) is 6.96. The molecule has 0 bridgehead atoms. The molecule has 0 saturated carbocycles. The topological polar surface area (TPSA) is 0 Å². The molecule has 0 atom stereocenters. The average molecular weight is 332 g/mol. The molecule has 0 aliphatic heterocycles. The fraction of sp³-hybridized carbons (Fsp3) is 0.143. The summed E-state index contributed by atoms with van der Waals surface area (Å²) in [5.41, 5.74) is 3.87. The van der Waals surface area contributed by atoms with Gasteiger partial charge < -0.3 is 0 Å². The van der Waals surface area contributed by atoms with Gasteiger partial charge in [-0.1, -0.05) is 20.8 Å². The molecule has 3 aromatic rings. The van der Waals surface area contributed by atoms with Crippen molar-refractivity contribution in [3.05, 3.63) is 108 Å². The second-order valence-electron chi connectivity index (χ2n) is 4.73. The summed E-state index contributed by atoms with van der Waals surface area (Å²) in [7, 11) is 0. The van der Waals surface area contributed by atoms with E-state index in [0.717, 1.165) is 0 Å². The van der Waals surface area contributed by atoms with E-state index in [9.17, 15) is 0 Å². The van der Waals surface area contributed by atoms with Gasteiger partial charge in [-0.25, -0.2) is 0 Å². The largest absolute Gasteiger partial charge is 3.00 e. The van der Waals surface area contributed by atoms with Gasteiger partial charge in [0.1, 0.15) is 0 Å². The Labute approximate surface area is 145 Å². The molecule has 0 spiro atoms. The number of hydrogen-bond donors (Lipinski definition) is 0. The monoisotopic (exact) mass is 332 g/mol. The smallest absolute Gasteiger partial charge is 0.184 e. The van der Waals surface area contributed by atoms with Gasteiger partial charge in [-0.05, 0) is 0 Å². The summed E-state index contributed by atoms with van der Waals surface area (Å²) >= 11 is 0. The average Bonchev–Trinajstić information content (AvgIpc) is 2.51. The van der Waals surface area contributed by atoms with Gasteiger partial charge in [0.2, 0.25) is 0 Å². The predicted octanol–water partition coefficient (Wildman–Crippen LogP) is 5.38. The quantitative estimate of drug-likeness (QED) is 0.485. The molecule has 22 heavy (non-hydrogen) atoms. The Morgan fingerprint density at radius 3 is 0.727 bits per heavy atom. The summed E-state index contributed by atoms with van der Waals surface area (Å²) in [6, 6.07) is 32.4. The number of rotatable bonds is 0. The Kier molecular flexibility index (Phi) is 11.8. The van der Waals surface area contributed by atoms with Gasteiger partial charge >= 0.3 is 16.8 Å². The molecule has 3 aromatic carbocycles. The third kappa shape index (κ3) is 10.9. The van der Waals surface area contributed by atoms with Crippen LogP contribution in [0.5, 0.6) is 0 Å². The summed E-state index contributed by atoms with van der Waals surface area (Å²) < 4.78 is 0. The number of benzene rings is 3. The van der Waals surface area contributed by atoms with Crippen molar-refractivity contribution >= 4 is 0 Å². The molecule has 1 heteroatoms. The van der Waals surface area contributed by atoms with Crippen LogP contribution in [-0.4, -0.2) is 0 Å². The Balaban J connectivity index is 0.000000294. The molecule has 0 saturated heterocycles. The summed E-state index contributed by atoms with van der Waals surface area (Å²) in [6.07, 6.45) is 0. The first-order chi connectivity index (χ1) is 10.2. The summed E-state index contributed by atoms with van der Waals surface area (Å²) in [4.78, 5) is 0. The zero-order valence-electron chi connectivity index (χ0n) is 13.3. The number of aryl methyl sites for hydroxylation is 3. The minimum Gasteiger partial charge on any atom is -0.184 e. The van der Waals surface area contributed by atoms with Crippen LogP contribution >= 0.6 is 0 Å². The minimum atomic E-state index is 0. The molecule has 0 radical (unpaired) electrons. The van der Waals surface area contributed by atoms with Gasteiger partial charge in [0.15, 0.2) is 0 Å². The molecule has 114 valence electrons. The maximum atomic E-state index is 2.93. The standard InChI is InChI=1S/3C7H7.Co/c3*1-7-5-3-2-4-6-7;/h3*3-6H,1H3;/q3*-1;+3. The van der Waals surface area contributed by atoms with Crippen molar-refractivity contribution in [3.8, 4) is 0 Å². The Bertz CT molecular complexity index is 485. The van der Waals surface area contributed by atoms with Crippen molar-refractivity contribution in [1.82, 2.24) is 0 Å². The van der Waals surface area contributed by atoms with Crippen LogP contribution < -0.4 is 0 Å². The summed E-state index contributed by atoms with van der Waals surface area (Å²) in [5.74, 6) is 0. The summed E-state index contributed by atoms with van der Waals surface area (Å²) in [6.45, 7) is 6.19. The van der Waals surface area contributed by atoms with Crippen LogP contribution in [-0.2, 0) is 16.8 Å². The number of hydrogen-bond acceptors (Lipinski definition) is 0. The second-order valence-corrected chi connectivity index (χ2v) is 4.73. The van der Waals surface area contributed by atoms with Crippen LogP contribution in [0.3, 0.4) is 0 Å². The maximum absolute atomic E-state index is 2.93. The van der Waals surface area contributed by atoms with Gasteiger partial charge in [-0.3, -0.25) is 0 Å². The van der Waals surface area contributed by atoms with E-state index >= 15 is 0 Å². The Morgan fingerprint density at radius 2 is 0.636 bits per heavy atom. The van der Waals surface area contributed by atoms with Crippen molar-refractivity contribution < 1.29 is 16.8 Å². The molecule has 0 aromatic heterocycles. The summed E-state index contributed by atoms with van der Waals surface area (Å²) in [5, 5.41) is 0. The van der Waals surface area contributed by atoms with Crippen LogP contribution in [0.4, 0.5) is 0 Å². The third-order valence-corrected chi connectivity index (χ3v) is 2.65. The molecule has 0 nitrogen and oxygen atoms in total. The normalized spacial score (nSPS) is 8.32. The van der Waals surface area contributed by atoms with E-state index in [1.165, 1.54) is 16.7 Å². The van der Waals surface area contributed by atoms with Crippen LogP contribution in [0.15, 0.2) is 72.8 Å². The fourth-order valence-corrected chi connectivity index (χ4v) is 1.41. The van der Waals surface area contributed by atoms with Crippen molar-refractivity contribution in [2.75, 3.05) is 0 Å². The molecule has 0 unspecified atom stereocenters. The molecule has 0 fully saturated rings.